The standard InChI is InChI=1S/C16H16F3N3O/c1-8-6-12-14(21-8)13(9-2-4-10(23)5-3-9)11(7-20)15(22-12)16(17,18)19/h6,9-10,21,23H,2-5H2,1H3. The van der Waals surface area contributed by atoms with Crippen molar-refractivity contribution < 1.29 is 18.3 Å². The highest BCUT2D eigenvalue weighted by Gasteiger charge is 2.39. The van der Waals surface area contributed by atoms with E-state index in [0.29, 0.717) is 42.5 Å². The number of nitrogens with one attached hydrogen (secondary N) is 1. The summed E-state index contributed by atoms with van der Waals surface area (Å²) in [5, 5.41) is 19.0. The summed E-state index contributed by atoms with van der Waals surface area (Å²) in [5.41, 5.74) is 0.321. The second-order valence-corrected chi connectivity index (χ2v) is 6.08. The molecule has 2 aromatic rings. The summed E-state index contributed by atoms with van der Waals surface area (Å²) in [7, 11) is 0. The maximum absolute atomic E-state index is 13.3. The van der Waals surface area contributed by atoms with Crippen LogP contribution in [0, 0.1) is 18.3 Å². The third kappa shape index (κ3) is 2.79. The van der Waals surface area contributed by atoms with E-state index in [1.165, 1.54) is 0 Å². The van der Waals surface area contributed by atoms with E-state index in [4.69, 9.17) is 0 Å². The number of H-pyrrole nitrogens is 1. The number of pyridine rings is 1. The summed E-state index contributed by atoms with van der Waals surface area (Å²) in [6.07, 6.45) is -2.91. The molecular weight excluding hydrogens is 307 g/mol. The van der Waals surface area contributed by atoms with E-state index in [9.17, 15) is 23.5 Å². The average molecular weight is 323 g/mol. The topological polar surface area (TPSA) is 72.7 Å². The number of aromatic nitrogens is 2. The summed E-state index contributed by atoms with van der Waals surface area (Å²) in [5.74, 6) is -0.183. The van der Waals surface area contributed by atoms with Crippen molar-refractivity contribution in [1.29, 1.82) is 5.26 Å². The molecular formula is C16H16F3N3O. The third-order valence-electron chi connectivity index (χ3n) is 4.42. The Labute approximate surface area is 131 Å². The van der Waals surface area contributed by atoms with Crippen molar-refractivity contribution in [2.45, 2.75) is 50.8 Å². The van der Waals surface area contributed by atoms with Crippen molar-refractivity contribution >= 4 is 11.0 Å². The van der Waals surface area contributed by atoms with Crippen LogP contribution in [0.2, 0.25) is 0 Å². The molecule has 2 heterocycles. The molecule has 0 amide bonds. The highest BCUT2D eigenvalue weighted by atomic mass is 19.4. The molecule has 2 aromatic heterocycles. The van der Waals surface area contributed by atoms with Crippen molar-refractivity contribution in [3.63, 3.8) is 0 Å². The fraction of sp³-hybridized carbons (Fsp3) is 0.500. The zero-order valence-electron chi connectivity index (χ0n) is 12.5. The van der Waals surface area contributed by atoms with Crippen LogP contribution in [-0.4, -0.2) is 21.2 Å². The number of fused-ring (bicyclic) bond motifs is 1. The maximum atomic E-state index is 13.3. The number of hydrogen-bond donors (Lipinski definition) is 2. The monoisotopic (exact) mass is 323 g/mol. The second kappa shape index (κ2) is 5.53. The second-order valence-electron chi connectivity index (χ2n) is 6.08. The fourth-order valence-corrected chi connectivity index (χ4v) is 3.39. The molecule has 7 heteroatoms. The summed E-state index contributed by atoms with van der Waals surface area (Å²) in [4.78, 5) is 6.73. The molecule has 0 spiro atoms. The van der Waals surface area contributed by atoms with Crippen LogP contribution in [0.1, 0.15) is 54.1 Å². The number of aryl methyl sites for hydroxylation is 1. The van der Waals surface area contributed by atoms with Crippen LogP contribution < -0.4 is 0 Å². The molecule has 1 saturated carbocycles. The van der Waals surface area contributed by atoms with Gasteiger partial charge in [0.25, 0.3) is 0 Å². The first kappa shape index (κ1) is 15.8. The number of rotatable bonds is 1. The van der Waals surface area contributed by atoms with Gasteiger partial charge in [0, 0.05) is 11.3 Å². The van der Waals surface area contributed by atoms with E-state index in [1.807, 2.05) is 0 Å². The van der Waals surface area contributed by atoms with Gasteiger partial charge in [0.1, 0.15) is 6.07 Å². The Kier molecular flexibility index (Phi) is 3.80. The van der Waals surface area contributed by atoms with E-state index in [2.05, 4.69) is 9.97 Å². The Morgan fingerprint density at radius 2 is 1.96 bits per heavy atom. The lowest BCUT2D eigenvalue weighted by Crippen LogP contribution is -2.20. The summed E-state index contributed by atoms with van der Waals surface area (Å²) < 4.78 is 39.9. The Morgan fingerprint density at radius 1 is 1.30 bits per heavy atom. The molecule has 1 fully saturated rings. The van der Waals surface area contributed by atoms with Gasteiger partial charge in [0.2, 0.25) is 0 Å². The van der Waals surface area contributed by atoms with E-state index in [1.54, 1.807) is 19.1 Å². The zero-order valence-corrected chi connectivity index (χ0v) is 12.5. The number of aromatic amines is 1. The van der Waals surface area contributed by atoms with Gasteiger partial charge in [-0.2, -0.15) is 18.4 Å². The lowest BCUT2D eigenvalue weighted by atomic mass is 9.80. The maximum Gasteiger partial charge on any atom is 0.434 e. The smallest absolute Gasteiger partial charge is 0.393 e. The SMILES string of the molecule is Cc1cc2nc(C(F)(F)F)c(C#N)c(C3CCC(O)CC3)c2[nH]1. The first-order valence-corrected chi connectivity index (χ1v) is 7.49. The van der Waals surface area contributed by atoms with Crippen molar-refractivity contribution in [1.82, 2.24) is 9.97 Å². The average Bonchev–Trinajstić information content (AvgIpc) is 2.85. The van der Waals surface area contributed by atoms with Gasteiger partial charge in [0.05, 0.1) is 22.7 Å². The summed E-state index contributed by atoms with van der Waals surface area (Å²) in [6, 6.07) is 3.28. The van der Waals surface area contributed by atoms with Crippen molar-refractivity contribution in [2.24, 2.45) is 0 Å². The number of halogens is 3. The van der Waals surface area contributed by atoms with Gasteiger partial charge in [-0.1, -0.05) is 0 Å². The molecule has 0 aliphatic heterocycles. The quantitative estimate of drug-likeness (QED) is 0.839. The molecule has 0 atom stereocenters. The molecule has 0 unspecified atom stereocenters. The molecule has 23 heavy (non-hydrogen) atoms. The van der Waals surface area contributed by atoms with Crippen LogP contribution in [0.15, 0.2) is 6.07 Å². The molecule has 2 N–H and O–H groups in total. The van der Waals surface area contributed by atoms with Crippen molar-refractivity contribution in [2.75, 3.05) is 0 Å². The Hall–Kier alpha value is -2.07. The molecule has 0 radical (unpaired) electrons. The van der Waals surface area contributed by atoms with Gasteiger partial charge < -0.3 is 10.1 Å². The van der Waals surface area contributed by atoms with Crippen LogP contribution in [0.4, 0.5) is 13.2 Å². The van der Waals surface area contributed by atoms with Crippen LogP contribution in [0.3, 0.4) is 0 Å². The minimum atomic E-state index is -4.67. The normalized spacial score (nSPS) is 22.3. The lowest BCUT2D eigenvalue weighted by molar-refractivity contribution is -0.141. The molecule has 0 aromatic carbocycles. The molecule has 1 aliphatic rings. The zero-order chi connectivity index (χ0) is 16.8. The van der Waals surface area contributed by atoms with Crippen molar-refractivity contribution in [3.8, 4) is 6.07 Å². The van der Waals surface area contributed by atoms with Crippen LogP contribution in [-0.2, 0) is 6.18 Å². The first-order valence-electron chi connectivity index (χ1n) is 7.49. The van der Waals surface area contributed by atoms with Crippen LogP contribution >= 0.6 is 0 Å². The van der Waals surface area contributed by atoms with E-state index < -0.39 is 23.5 Å². The van der Waals surface area contributed by atoms with Crippen molar-refractivity contribution in [3.05, 3.63) is 28.6 Å². The number of alkyl halides is 3. The first-order chi connectivity index (χ1) is 10.8. The molecule has 4 nitrogen and oxygen atoms in total. The van der Waals surface area contributed by atoms with Gasteiger partial charge in [0.15, 0.2) is 5.69 Å². The lowest BCUT2D eigenvalue weighted by Gasteiger charge is -2.27. The summed E-state index contributed by atoms with van der Waals surface area (Å²) in [6.45, 7) is 1.75. The third-order valence-corrected chi connectivity index (χ3v) is 4.42. The van der Waals surface area contributed by atoms with E-state index in [0.717, 1.165) is 0 Å². The van der Waals surface area contributed by atoms with Crippen LogP contribution in [0.25, 0.3) is 11.0 Å². The molecule has 0 saturated heterocycles. The number of aliphatic hydroxyl groups excluding tert-OH is 1. The highest BCUT2D eigenvalue weighted by molar-refractivity contribution is 5.83. The van der Waals surface area contributed by atoms with Gasteiger partial charge in [-0.05, 0) is 44.6 Å². The minimum Gasteiger partial charge on any atom is -0.393 e. The molecule has 122 valence electrons. The largest absolute Gasteiger partial charge is 0.434 e. The van der Waals surface area contributed by atoms with E-state index in [-0.39, 0.29) is 11.4 Å². The van der Waals surface area contributed by atoms with Gasteiger partial charge in [-0.3, -0.25) is 0 Å². The Bertz CT molecular complexity index is 780. The predicted octanol–water partition coefficient (Wildman–Crippen LogP) is 3.78. The predicted molar refractivity (Wildman–Crippen MR) is 77.8 cm³/mol. The number of aliphatic hydroxyl groups is 1. The summed E-state index contributed by atoms with van der Waals surface area (Å²) >= 11 is 0. The number of nitrogens with zero attached hydrogens (tertiary/aromatic N) is 2. The van der Waals surface area contributed by atoms with Crippen LogP contribution in [0.5, 0.6) is 0 Å². The van der Waals surface area contributed by atoms with Gasteiger partial charge >= 0.3 is 6.18 Å². The fourth-order valence-electron chi connectivity index (χ4n) is 3.39. The van der Waals surface area contributed by atoms with Gasteiger partial charge in [-0.25, -0.2) is 4.98 Å². The minimum absolute atomic E-state index is 0.183. The molecule has 3 rings (SSSR count). The number of nitriles is 1. The Balaban J connectivity index is 2.26. The Morgan fingerprint density at radius 3 is 2.52 bits per heavy atom. The molecule has 1 aliphatic carbocycles. The number of hydrogen-bond acceptors (Lipinski definition) is 3. The molecule has 0 bridgehead atoms. The van der Waals surface area contributed by atoms with Gasteiger partial charge in [-0.15, -0.1) is 0 Å². The highest BCUT2D eigenvalue weighted by Crippen LogP contribution is 2.42. The van der Waals surface area contributed by atoms with E-state index >= 15 is 0 Å².